The van der Waals surface area contributed by atoms with E-state index in [0.29, 0.717) is 0 Å². The van der Waals surface area contributed by atoms with Gasteiger partial charge in [-0.2, -0.15) is 13.2 Å². The van der Waals surface area contributed by atoms with Crippen molar-refractivity contribution in [1.82, 2.24) is 4.98 Å². The van der Waals surface area contributed by atoms with Gasteiger partial charge >= 0.3 is 6.18 Å². The Kier molecular flexibility index (Phi) is 3.32. The van der Waals surface area contributed by atoms with E-state index in [2.05, 4.69) is 4.98 Å². The summed E-state index contributed by atoms with van der Waals surface area (Å²) in [5.41, 5.74) is -1.26. The summed E-state index contributed by atoms with van der Waals surface area (Å²) in [6.07, 6.45) is -2.96. The highest BCUT2D eigenvalue weighted by Gasteiger charge is 2.35. The van der Waals surface area contributed by atoms with Crippen LogP contribution in [-0.2, 0) is 6.18 Å². The molecule has 0 spiro atoms. The molecule has 0 bridgehead atoms. The van der Waals surface area contributed by atoms with Crippen molar-refractivity contribution in [3.05, 3.63) is 52.7 Å². The van der Waals surface area contributed by atoms with Gasteiger partial charge in [0, 0.05) is 23.5 Å². The second-order valence-corrected chi connectivity index (χ2v) is 3.86. The van der Waals surface area contributed by atoms with Gasteiger partial charge in [-0.05, 0) is 23.7 Å². The number of aliphatic hydroxyl groups excluding tert-OH is 1. The quantitative estimate of drug-likeness (QED) is 0.915. The first-order valence-corrected chi connectivity index (χ1v) is 5.21. The SMILES string of the molecule is OC(c1cnccc1C(F)(F)F)c1ccoc1Cl. The first-order valence-electron chi connectivity index (χ1n) is 4.83. The van der Waals surface area contributed by atoms with Crippen molar-refractivity contribution in [2.75, 3.05) is 0 Å². The molecule has 1 N–H and O–H groups in total. The first kappa shape index (κ1) is 12.9. The molecule has 0 saturated heterocycles. The Morgan fingerprint density at radius 3 is 2.56 bits per heavy atom. The first-order chi connectivity index (χ1) is 8.41. The summed E-state index contributed by atoms with van der Waals surface area (Å²) in [4.78, 5) is 3.59. The van der Waals surface area contributed by atoms with Gasteiger partial charge in [0.25, 0.3) is 0 Å². The van der Waals surface area contributed by atoms with Crippen LogP contribution in [0.4, 0.5) is 13.2 Å². The highest BCUT2D eigenvalue weighted by Crippen LogP contribution is 2.37. The van der Waals surface area contributed by atoms with E-state index >= 15 is 0 Å². The number of aromatic nitrogens is 1. The van der Waals surface area contributed by atoms with Crippen molar-refractivity contribution < 1.29 is 22.7 Å². The van der Waals surface area contributed by atoms with E-state index in [1.54, 1.807) is 0 Å². The molecule has 0 saturated carbocycles. The van der Waals surface area contributed by atoms with Gasteiger partial charge in [0.1, 0.15) is 6.10 Å². The van der Waals surface area contributed by atoms with Crippen LogP contribution in [0.3, 0.4) is 0 Å². The molecule has 0 aliphatic carbocycles. The van der Waals surface area contributed by atoms with E-state index in [-0.39, 0.29) is 16.3 Å². The molecule has 0 fully saturated rings. The van der Waals surface area contributed by atoms with Crippen LogP contribution in [0, 0.1) is 0 Å². The maximum absolute atomic E-state index is 12.8. The van der Waals surface area contributed by atoms with Crippen molar-refractivity contribution >= 4 is 11.6 Å². The lowest BCUT2D eigenvalue weighted by Gasteiger charge is -2.16. The summed E-state index contributed by atoms with van der Waals surface area (Å²) < 4.78 is 43.0. The largest absolute Gasteiger partial charge is 0.453 e. The van der Waals surface area contributed by atoms with Crippen LogP contribution < -0.4 is 0 Å². The molecule has 3 nitrogen and oxygen atoms in total. The number of pyridine rings is 1. The molecule has 2 rings (SSSR count). The maximum atomic E-state index is 12.8. The molecular weight excluding hydrogens is 271 g/mol. The second kappa shape index (κ2) is 4.62. The van der Waals surface area contributed by atoms with Gasteiger partial charge in [0.2, 0.25) is 0 Å². The van der Waals surface area contributed by atoms with E-state index in [4.69, 9.17) is 16.0 Å². The zero-order valence-electron chi connectivity index (χ0n) is 8.78. The molecule has 7 heteroatoms. The van der Waals surface area contributed by atoms with Gasteiger partial charge in [-0.1, -0.05) is 0 Å². The molecule has 0 aliphatic rings. The van der Waals surface area contributed by atoms with E-state index in [1.807, 2.05) is 0 Å². The molecule has 2 aromatic rings. The summed E-state index contributed by atoms with van der Waals surface area (Å²) in [7, 11) is 0. The Hall–Kier alpha value is -1.53. The fraction of sp³-hybridized carbons (Fsp3) is 0.182. The van der Waals surface area contributed by atoms with Crippen LogP contribution in [0.25, 0.3) is 0 Å². The lowest BCUT2D eigenvalue weighted by atomic mass is 10.0. The van der Waals surface area contributed by atoms with Crippen LogP contribution in [-0.4, -0.2) is 10.1 Å². The molecule has 18 heavy (non-hydrogen) atoms. The number of furan rings is 1. The van der Waals surface area contributed by atoms with Gasteiger partial charge in [0.05, 0.1) is 11.8 Å². The lowest BCUT2D eigenvalue weighted by molar-refractivity contribution is -0.139. The number of rotatable bonds is 2. The molecule has 2 heterocycles. The Morgan fingerprint density at radius 1 is 1.28 bits per heavy atom. The monoisotopic (exact) mass is 277 g/mol. The fourth-order valence-corrected chi connectivity index (χ4v) is 1.77. The normalized spacial score (nSPS) is 13.6. The van der Waals surface area contributed by atoms with Crippen LogP contribution in [0.1, 0.15) is 22.8 Å². The molecule has 0 aromatic carbocycles. The highest BCUT2D eigenvalue weighted by molar-refractivity contribution is 6.29. The predicted octanol–water partition coefficient (Wildman–Crippen LogP) is 3.43. The van der Waals surface area contributed by atoms with Crippen molar-refractivity contribution in [1.29, 1.82) is 0 Å². The van der Waals surface area contributed by atoms with Crippen LogP contribution >= 0.6 is 11.6 Å². The molecular formula is C11H7ClF3NO2. The van der Waals surface area contributed by atoms with E-state index in [9.17, 15) is 18.3 Å². The lowest BCUT2D eigenvalue weighted by Crippen LogP contribution is -2.13. The Balaban J connectivity index is 2.49. The summed E-state index contributed by atoms with van der Waals surface area (Å²) in [5, 5.41) is 9.77. The smallest absolute Gasteiger partial charge is 0.416 e. The minimum Gasteiger partial charge on any atom is -0.453 e. The van der Waals surface area contributed by atoms with Gasteiger partial charge in [-0.15, -0.1) is 0 Å². The molecule has 1 atom stereocenters. The average Bonchev–Trinajstić information content (AvgIpc) is 2.73. The number of hydrogen-bond donors (Lipinski definition) is 1. The van der Waals surface area contributed by atoms with E-state index < -0.39 is 17.8 Å². The number of nitrogens with zero attached hydrogens (tertiary/aromatic N) is 1. The fourth-order valence-electron chi connectivity index (χ4n) is 1.55. The molecule has 0 radical (unpaired) electrons. The zero-order chi connectivity index (χ0) is 13.3. The van der Waals surface area contributed by atoms with Crippen molar-refractivity contribution in [2.45, 2.75) is 12.3 Å². The maximum Gasteiger partial charge on any atom is 0.416 e. The predicted molar refractivity (Wildman–Crippen MR) is 57.0 cm³/mol. The molecule has 1 unspecified atom stereocenters. The molecule has 0 aliphatic heterocycles. The van der Waals surface area contributed by atoms with Crippen LogP contribution in [0.5, 0.6) is 0 Å². The number of hydrogen-bond acceptors (Lipinski definition) is 3. The molecule has 96 valence electrons. The third-order valence-electron chi connectivity index (χ3n) is 2.39. The van der Waals surface area contributed by atoms with Gasteiger partial charge < -0.3 is 9.52 Å². The minimum atomic E-state index is -4.57. The zero-order valence-corrected chi connectivity index (χ0v) is 9.53. The van der Waals surface area contributed by atoms with Crippen LogP contribution in [0.2, 0.25) is 5.22 Å². The summed E-state index contributed by atoms with van der Waals surface area (Å²) in [5.74, 6) is 0. The standard InChI is InChI=1S/C11H7ClF3NO2/c12-10-6(2-4-18-10)9(17)7-5-16-3-1-8(7)11(13,14)15/h1-5,9,17H. The highest BCUT2D eigenvalue weighted by atomic mass is 35.5. The van der Waals surface area contributed by atoms with Gasteiger partial charge in [-0.25, -0.2) is 0 Å². The van der Waals surface area contributed by atoms with E-state index in [0.717, 1.165) is 18.5 Å². The van der Waals surface area contributed by atoms with E-state index in [1.165, 1.54) is 12.3 Å². The second-order valence-electron chi connectivity index (χ2n) is 3.51. The summed E-state index contributed by atoms with van der Waals surface area (Å²) in [6, 6.07) is 2.10. The van der Waals surface area contributed by atoms with Crippen LogP contribution in [0.15, 0.2) is 35.2 Å². The minimum absolute atomic E-state index is 0.0650. The van der Waals surface area contributed by atoms with Crippen molar-refractivity contribution in [3.8, 4) is 0 Å². The summed E-state index contributed by atoms with van der Waals surface area (Å²) >= 11 is 5.62. The summed E-state index contributed by atoms with van der Waals surface area (Å²) in [6.45, 7) is 0. The van der Waals surface area contributed by atoms with Gasteiger partial charge in [-0.3, -0.25) is 4.98 Å². The van der Waals surface area contributed by atoms with Crippen molar-refractivity contribution in [2.24, 2.45) is 0 Å². The topological polar surface area (TPSA) is 46.3 Å². The average molecular weight is 278 g/mol. The van der Waals surface area contributed by atoms with Crippen molar-refractivity contribution in [3.63, 3.8) is 0 Å². The number of alkyl halides is 3. The third kappa shape index (κ3) is 2.34. The number of aliphatic hydroxyl groups is 1. The Bertz CT molecular complexity index is 553. The van der Waals surface area contributed by atoms with Gasteiger partial charge in [0.15, 0.2) is 5.22 Å². The Labute approximate surface area is 105 Å². The number of halogens is 4. The third-order valence-corrected chi connectivity index (χ3v) is 2.70. The Morgan fingerprint density at radius 2 is 2.00 bits per heavy atom. The molecule has 2 aromatic heterocycles. The molecule has 0 amide bonds.